The van der Waals surface area contributed by atoms with Gasteiger partial charge < -0.3 is 10.6 Å². The van der Waals surface area contributed by atoms with Crippen LogP contribution in [0.2, 0.25) is 0 Å². The van der Waals surface area contributed by atoms with Gasteiger partial charge in [0.05, 0.1) is 6.04 Å². The number of rotatable bonds is 4. The summed E-state index contributed by atoms with van der Waals surface area (Å²) in [7, 11) is 1.85. The predicted molar refractivity (Wildman–Crippen MR) is 64.6 cm³/mol. The molecule has 90 valence electrons. The van der Waals surface area contributed by atoms with Crippen LogP contribution in [0.5, 0.6) is 0 Å². The van der Waals surface area contributed by atoms with Crippen molar-refractivity contribution in [3.05, 3.63) is 0 Å². The van der Waals surface area contributed by atoms with Crippen LogP contribution in [0.3, 0.4) is 0 Å². The van der Waals surface area contributed by atoms with Gasteiger partial charge in [0.1, 0.15) is 0 Å². The van der Waals surface area contributed by atoms with E-state index in [1.54, 1.807) is 4.90 Å². The van der Waals surface area contributed by atoms with Crippen LogP contribution in [0.15, 0.2) is 0 Å². The molecule has 0 spiro atoms. The summed E-state index contributed by atoms with van der Waals surface area (Å²) in [4.78, 5) is 13.9. The maximum atomic E-state index is 12.0. The first-order valence-electron chi connectivity index (χ1n) is 5.77. The normalized spacial score (nSPS) is 14.1. The molecule has 3 nitrogen and oxygen atoms in total. The molecule has 0 unspecified atom stereocenters. The summed E-state index contributed by atoms with van der Waals surface area (Å²) in [6, 6.07) is -0.103. The molecule has 0 aliphatic rings. The Morgan fingerprint density at radius 3 is 1.93 bits per heavy atom. The molecule has 0 aliphatic heterocycles. The van der Waals surface area contributed by atoms with Crippen molar-refractivity contribution in [1.29, 1.82) is 0 Å². The Morgan fingerprint density at radius 2 is 1.67 bits per heavy atom. The number of likely N-dealkylation sites (N-methyl/N-ethyl adjacent to an activating group) is 1. The third kappa shape index (κ3) is 3.82. The van der Waals surface area contributed by atoms with Crippen LogP contribution in [0.25, 0.3) is 0 Å². The van der Waals surface area contributed by atoms with Gasteiger partial charge in [0.2, 0.25) is 5.91 Å². The number of amides is 1. The van der Waals surface area contributed by atoms with Gasteiger partial charge in [-0.15, -0.1) is 0 Å². The Bertz CT molecular complexity index is 204. The number of carbonyl (C=O) groups excluding carboxylic acids is 1. The Labute approximate surface area is 94.0 Å². The van der Waals surface area contributed by atoms with E-state index in [2.05, 4.69) is 13.8 Å². The van der Waals surface area contributed by atoms with Gasteiger partial charge in [-0.05, 0) is 18.3 Å². The molecule has 2 N–H and O–H groups in total. The molecule has 3 heteroatoms. The monoisotopic (exact) mass is 214 g/mol. The van der Waals surface area contributed by atoms with Crippen LogP contribution in [0.4, 0.5) is 0 Å². The zero-order chi connectivity index (χ0) is 12.2. The van der Waals surface area contributed by atoms with Crippen molar-refractivity contribution in [3.8, 4) is 0 Å². The van der Waals surface area contributed by atoms with Gasteiger partial charge in [0.15, 0.2) is 0 Å². The largest absolute Gasteiger partial charge is 0.341 e. The SMILES string of the molecule is CCC(CC)N(C)C(=O)[C@H](N)C(C)(C)C. The molecule has 0 saturated heterocycles. The summed E-state index contributed by atoms with van der Waals surface area (Å²) in [5, 5.41) is 0. The van der Waals surface area contributed by atoms with E-state index in [1.807, 2.05) is 27.8 Å². The van der Waals surface area contributed by atoms with Crippen molar-refractivity contribution < 1.29 is 4.79 Å². The van der Waals surface area contributed by atoms with Gasteiger partial charge in [-0.1, -0.05) is 34.6 Å². The smallest absolute Gasteiger partial charge is 0.240 e. The minimum absolute atomic E-state index is 0.0520. The molecule has 0 rings (SSSR count). The van der Waals surface area contributed by atoms with Gasteiger partial charge in [-0.2, -0.15) is 0 Å². The standard InChI is InChI=1S/C12H26N2O/c1-7-9(8-2)14(6)11(15)10(13)12(3,4)5/h9-10H,7-8,13H2,1-6H3/t10-/m0/s1. The lowest BCUT2D eigenvalue weighted by Gasteiger charge is -2.33. The molecule has 0 fully saturated rings. The molecule has 0 saturated carbocycles. The lowest BCUT2D eigenvalue weighted by Crippen LogP contribution is -2.51. The fourth-order valence-electron chi connectivity index (χ4n) is 1.61. The molecule has 0 aromatic heterocycles. The van der Waals surface area contributed by atoms with Crippen molar-refractivity contribution in [2.75, 3.05) is 7.05 Å². The average molecular weight is 214 g/mol. The molecule has 15 heavy (non-hydrogen) atoms. The number of hydrogen-bond donors (Lipinski definition) is 1. The molecule has 1 amide bonds. The minimum Gasteiger partial charge on any atom is -0.341 e. The molecule has 1 atom stereocenters. The molecule has 0 aromatic rings. The van der Waals surface area contributed by atoms with Crippen molar-refractivity contribution in [1.82, 2.24) is 4.90 Å². The van der Waals surface area contributed by atoms with Gasteiger partial charge in [0.25, 0.3) is 0 Å². The zero-order valence-electron chi connectivity index (χ0n) is 11.0. The zero-order valence-corrected chi connectivity index (χ0v) is 11.0. The Kier molecular flexibility index (Phi) is 5.29. The molecule has 0 bridgehead atoms. The van der Waals surface area contributed by atoms with Gasteiger partial charge in [-0.3, -0.25) is 4.79 Å². The molecule has 0 heterocycles. The maximum absolute atomic E-state index is 12.0. The summed E-state index contributed by atoms with van der Waals surface area (Å²) in [5.41, 5.74) is 5.78. The summed E-state index contributed by atoms with van der Waals surface area (Å²) in [5.74, 6) is 0.0520. The molecule has 0 aliphatic carbocycles. The first-order chi connectivity index (χ1) is 6.75. The van der Waals surface area contributed by atoms with Crippen LogP contribution in [0, 0.1) is 5.41 Å². The molecular weight excluding hydrogens is 188 g/mol. The predicted octanol–water partition coefficient (Wildman–Crippen LogP) is 2.01. The highest BCUT2D eigenvalue weighted by molar-refractivity contribution is 5.82. The summed E-state index contributed by atoms with van der Waals surface area (Å²) in [6.07, 6.45) is 1.96. The fraction of sp³-hybridized carbons (Fsp3) is 0.917. The van der Waals surface area contributed by atoms with Gasteiger partial charge in [0, 0.05) is 13.1 Å². The molecular formula is C12H26N2O. The number of carbonyl (C=O) groups is 1. The highest BCUT2D eigenvalue weighted by Gasteiger charge is 2.31. The quantitative estimate of drug-likeness (QED) is 0.778. The second kappa shape index (κ2) is 5.50. The number of nitrogens with zero attached hydrogens (tertiary/aromatic N) is 1. The topological polar surface area (TPSA) is 46.3 Å². The maximum Gasteiger partial charge on any atom is 0.240 e. The summed E-state index contributed by atoms with van der Waals surface area (Å²) in [6.45, 7) is 10.2. The van der Waals surface area contributed by atoms with Crippen molar-refractivity contribution in [3.63, 3.8) is 0 Å². The van der Waals surface area contributed by atoms with E-state index < -0.39 is 6.04 Å². The van der Waals surface area contributed by atoms with Crippen LogP contribution in [-0.2, 0) is 4.79 Å². The van der Waals surface area contributed by atoms with Crippen molar-refractivity contribution in [2.45, 2.75) is 59.5 Å². The summed E-state index contributed by atoms with van der Waals surface area (Å²) >= 11 is 0. The summed E-state index contributed by atoms with van der Waals surface area (Å²) < 4.78 is 0. The van der Waals surface area contributed by atoms with Crippen molar-refractivity contribution in [2.24, 2.45) is 11.1 Å². The Hall–Kier alpha value is -0.570. The van der Waals surface area contributed by atoms with Crippen molar-refractivity contribution >= 4 is 5.91 Å². The van der Waals surface area contributed by atoms with E-state index in [4.69, 9.17) is 5.73 Å². The lowest BCUT2D eigenvalue weighted by molar-refractivity contribution is -0.135. The van der Waals surface area contributed by atoms with Gasteiger partial charge >= 0.3 is 0 Å². The van der Waals surface area contributed by atoms with E-state index in [0.717, 1.165) is 12.8 Å². The average Bonchev–Trinajstić information content (AvgIpc) is 2.15. The first-order valence-corrected chi connectivity index (χ1v) is 5.77. The first kappa shape index (κ1) is 14.4. The van der Waals surface area contributed by atoms with Crippen LogP contribution >= 0.6 is 0 Å². The molecule has 0 aromatic carbocycles. The van der Waals surface area contributed by atoms with E-state index in [1.165, 1.54) is 0 Å². The van der Waals surface area contributed by atoms with Crippen LogP contribution in [-0.4, -0.2) is 29.9 Å². The van der Waals surface area contributed by atoms with Crippen LogP contribution < -0.4 is 5.73 Å². The third-order valence-corrected chi connectivity index (χ3v) is 3.04. The number of hydrogen-bond acceptors (Lipinski definition) is 2. The van der Waals surface area contributed by atoms with E-state index in [9.17, 15) is 4.79 Å². The minimum atomic E-state index is -0.414. The highest BCUT2D eigenvalue weighted by atomic mass is 16.2. The number of nitrogens with two attached hydrogens (primary N) is 1. The fourth-order valence-corrected chi connectivity index (χ4v) is 1.61. The van der Waals surface area contributed by atoms with E-state index in [-0.39, 0.29) is 11.3 Å². The van der Waals surface area contributed by atoms with Gasteiger partial charge in [-0.25, -0.2) is 0 Å². The van der Waals surface area contributed by atoms with E-state index >= 15 is 0 Å². The second-order valence-electron chi connectivity index (χ2n) is 5.26. The molecule has 0 radical (unpaired) electrons. The van der Waals surface area contributed by atoms with E-state index in [0.29, 0.717) is 6.04 Å². The van der Waals surface area contributed by atoms with Crippen LogP contribution in [0.1, 0.15) is 47.5 Å². The Morgan fingerprint density at radius 1 is 1.27 bits per heavy atom. The third-order valence-electron chi connectivity index (χ3n) is 3.04. The highest BCUT2D eigenvalue weighted by Crippen LogP contribution is 2.20. The Balaban J connectivity index is 4.57. The second-order valence-corrected chi connectivity index (χ2v) is 5.26. The lowest BCUT2D eigenvalue weighted by atomic mass is 9.86.